The maximum absolute atomic E-state index is 3.75. The van der Waals surface area contributed by atoms with Crippen molar-refractivity contribution >= 4 is 37.7 Å². The minimum Gasteiger partial charge on any atom is -0.309 e. The van der Waals surface area contributed by atoms with Crippen LogP contribution in [0.3, 0.4) is 0 Å². The lowest BCUT2D eigenvalue weighted by Gasteiger charge is -2.14. The van der Waals surface area contributed by atoms with Gasteiger partial charge in [0.25, 0.3) is 0 Å². The van der Waals surface area contributed by atoms with Crippen molar-refractivity contribution in [1.29, 1.82) is 0 Å². The van der Waals surface area contributed by atoms with Gasteiger partial charge in [0.05, 0.1) is 11.0 Å². The largest absolute Gasteiger partial charge is 0.309 e. The van der Waals surface area contributed by atoms with Gasteiger partial charge in [0, 0.05) is 20.9 Å². The van der Waals surface area contributed by atoms with Crippen LogP contribution in [-0.2, 0) is 0 Å². The van der Waals surface area contributed by atoms with E-state index in [1.165, 1.54) is 55.2 Å². The zero-order valence-corrected chi connectivity index (χ0v) is 22.3. The lowest BCUT2D eigenvalue weighted by Crippen LogP contribution is -1.95. The van der Waals surface area contributed by atoms with Gasteiger partial charge in [0.2, 0.25) is 0 Å². The van der Waals surface area contributed by atoms with E-state index in [0.717, 1.165) is 10.2 Å². The summed E-state index contributed by atoms with van der Waals surface area (Å²) >= 11 is 3.75. The lowest BCUT2D eigenvalue weighted by molar-refractivity contribution is 1.18. The molecule has 0 unspecified atom stereocenters. The third-order valence-corrected chi connectivity index (χ3v) is 7.98. The van der Waals surface area contributed by atoms with Crippen LogP contribution in [0.25, 0.3) is 60.9 Å². The van der Waals surface area contributed by atoms with Crippen molar-refractivity contribution in [2.24, 2.45) is 0 Å². The zero-order chi connectivity index (χ0) is 25.5. The van der Waals surface area contributed by atoms with E-state index in [1.807, 2.05) is 0 Å². The molecule has 0 N–H and O–H groups in total. The second-order valence-corrected chi connectivity index (χ2v) is 10.4. The van der Waals surface area contributed by atoms with E-state index < -0.39 is 0 Å². The quantitative estimate of drug-likeness (QED) is 0.205. The molecule has 7 aromatic rings. The van der Waals surface area contributed by atoms with Gasteiger partial charge in [0.15, 0.2) is 0 Å². The van der Waals surface area contributed by atoms with Gasteiger partial charge in [-0.1, -0.05) is 131 Å². The number of nitrogens with zero attached hydrogens (tertiary/aromatic N) is 1. The molecule has 0 bridgehead atoms. The first-order valence-corrected chi connectivity index (χ1v) is 13.6. The molecule has 1 aromatic heterocycles. The molecule has 1 nitrogen and oxygen atoms in total. The fourth-order valence-electron chi connectivity index (χ4n) is 5.53. The third kappa shape index (κ3) is 3.86. The molecule has 7 rings (SSSR count). The van der Waals surface area contributed by atoms with E-state index in [2.05, 4.69) is 166 Å². The molecular weight excluding hydrogens is 526 g/mol. The number of rotatable bonds is 4. The Morgan fingerprint density at radius 1 is 0.395 bits per heavy atom. The molecule has 0 amide bonds. The van der Waals surface area contributed by atoms with Gasteiger partial charge in [-0.25, -0.2) is 0 Å². The van der Waals surface area contributed by atoms with E-state index in [9.17, 15) is 0 Å². The molecular formula is C36H24BrN. The van der Waals surface area contributed by atoms with E-state index in [4.69, 9.17) is 0 Å². The monoisotopic (exact) mass is 549 g/mol. The van der Waals surface area contributed by atoms with E-state index >= 15 is 0 Å². The van der Waals surface area contributed by atoms with Crippen LogP contribution in [0.1, 0.15) is 0 Å². The van der Waals surface area contributed by atoms with Crippen LogP contribution in [0, 0.1) is 0 Å². The van der Waals surface area contributed by atoms with E-state index in [-0.39, 0.29) is 0 Å². The Morgan fingerprint density at radius 2 is 1.00 bits per heavy atom. The van der Waals surface area contributed by atoms with Crippen LogP contribution in [0.15, 0.2) is 150 Å². The summed E-state index contributed by atoms with van der Waals surface area (Å²) in [6, 6.07) is 52.1. The van der Waals surface area contributed by atoms with Crippen molar-refractivity contribution in [3.63, 3.8) is 0 Å². The average Bonchev–Trinajstić information content (AvgIpc) is 3.31. The number of fused-ring (bicyclic) bond motifs is 3. The van der Waals surface area contributed by atoms with Crippen molar-refractivity contribution in [3.05, 3.63) is 150 Å². The summed E-state index contributed by atoms with van der Waals surface area (Å²) in [6.07, 6.45) is 0. The Hall–Kier alpha value is -4.40. The summed E-state index contributed by atoms with van der Waals surface area (Å²) in [4.78, 5) is 0. The predicted octanol–water partition coefficient (Wildman–Crippen LogP) is 10.5. The standard InChI is InChI=1S/C36H24BrN/c37-34-19-8-6-17-31(34)27-21-22-33-32-18-7-9-20-35(32)38(36(33)24-27)28-14-10-13-26(23-28)30-16-5-4-15-29(30)25-11-2-1-3-12-25/h1-24H. The maximum atomic E-state index is 3.75. The van der Waals surface area contributed by atoms with Crippen LogP contribution in [-0.4, -0.2) is 4.57 Å². The molecule has 0 spiro atoms. The first kappa shape index (κ1) is 22.8. The highest BCUT2D eigenvalue weighted by atomic mass is 79.9. The third-order valence-electron chi connectivity index (χ3n) is 7.29. The predicted molar refractivity (Wildman–Crippen MR) is 165 cm³/mol. The summed E-state index contributed by atoms with van der Waals surface area (Å²) in [5.74, 6) is 0. The first-order chi connectivity index (χ1) is 18.8. The first-order valence-electron chi connectivity index (χ1n) is 12.8. The van der Waals surface area contributed by atoms with E-state index in [0.29, 0.717) is 0 Å². The molecule has 0 aliphatic rings. The highest BCUT2D eigenvalue weighted by Crippen LogP contribution is 2.38. The highest BCUT2D eigenvalue weighted by Gasteiger charge is 2.15. The Morgan fingerprint density at radius 3 is 1.82 bits per heavy atom. The van der Waals surface area contributed by atoms with Gasteiger partial charge in [-0.2, -0.15) is 0 Å². The van der Waals surface area contributed by atoms with Crippen LogP contribution in [0.4, 0.5) is 0 Å². The minimum atomic E-state index is 1.10. The maximum Gasteiger partial charge on any atom is 0.0547 e. The molecule has 0 atom stereocenters. The van der Waals surface area contributed by atoms with Crippen molar-refractivity contribution < 1.29 is 0 Å². The number of hydrogen-bond donors (Lipinski definition) is 0. The summed E-state index contributed by atoms with van der Waals surface area (Å²) in [7, 11) is 0. The molecule has 0 saturated carbocycles. The summed E-state index contributed by atoms with van der Waals surface area (Å²) in [6.45, 7) is 0. The Balaban J connectivity index is 1.46. The smallest absolute Gasteiger partial charge is 0.0547 e. The second-order valence-electron chi connectivity index (χ2n) is 9.53. The van der Waals surface area contributed by atoms with Crippen LogP contribution in [0.5, 0.6) is 0 Å². The molecule has 1 heterocycles. The number of benzene rings is 6. The van der Waals surface area contributed by atoms with Gasteiger partial charge in [0.1, 0.15) is 0 Å². The number of hydrogen-bond acceptors (Lipinski definition) is 0. The van der Waals surface area contributed by atoms with Crippen molar-refractivity contribution in [2.75, 3.05) is 0 Å². The summed E-state index contributed by atoms with van der Waals surface area (Å²) in [5.41, 5.74) is 10.8. The molecule has 2 heteroatoms. The van der Waals surface area contributed by atoms with Gasteiger partial charge in [-0.3, -0.25) is 0 Å². The number of para-hydroxylation sites is 1. The van der Waals surface area contributed by atoms with Crippen molar-refractivity contribution in [3.8, 4) is 39.1 Å². The summed E-state index contributed by atoms with van der Waals surface area (Å²) < 4.78 is 3.50. The Labute approximate surface area is 230 Å². The lowest BCUT2D eigenvalue weighted by atomic mass is 9.94. The van der Waals surface area contributed by atoms with Gasteiger partial charge in [-0.05, 0) is 63.7 Å². The van der Waals surface area contributed by atoms with Crippen molar-refractivity contribution in [2.45, 2.75) is 0 Å². The molecule has 180 valence electrons. The van der Waals surface area contributed by atoms with Crippen LogP contribution >= 0.6 is 15.9 Å². The second kappa shape index (κ2) is 9.48. The van der Waals surface area contributed by atoms with Gasteiger partial charge >= 0.3 is 0 Å². The molecule has 0 aliphatic carbocycles. The topological polar surface area (TPSA) is 4.93 Å². The van der Waals surface area contributed by atoms with E-state index in [1.54, 1.807) is 0 Å². The highest BCUT2D eigenvalue weighted by molar-refractivity contribution is 9.10. The fraction of sp³-hybridized carbons (Fsp3) is 0. The van der Waals surface area contributed by atoms with Crippen molar-refractivity contribution in [1.82, 2.24) is 4.57 Å². The fourth-order valence-corrected chi connectivity index (χ4v) is 6.04. The molecule has 0 fully saturated rings. The van der Waals surface area contributed by atoms with Crippen LogP contribution in [0.2, 0.25) is 0 Å². The zero-order valence-electron chi connectivity index (χ0n) is 20.7. The Bertz CT molecular complexity index is 1930. The van der Waals surface area contributed by atoms with Gasteiger partial charge < -0.3 is 4.57 Å². The number of aromatic nitrogens is 1. The minimum absolute atomic E-state index is 1.10. The van der Waals surface area contributed by atoms with Gasteiger partial charge in [-0.15, -0.1) is 0 Å². The Kier molecular flexibility index (Phi) is 5.68. The summed E-state index contributed by atoms with van der Waals surface area (Å²) in [5, 5.41) is 2.52. The van der Waals surface area contributed by atoms with Crippen LogP contribution < -0.4 is 0 Å². The number of halogens is 1. The molecule has 0 radical (unpaired) electrons. The average molecular weight is 550 g/mol. The molecule has 0 aliphatic heterocycles. The SMILES string of the molecule is Brc1ccccc1-c1ccc2c3ccccc3n(-c3cccc(-c4ccccc4-c4ccccc4)c3)c2c1. The molecule has 38 heavy (non-hydrogen) atoms. The molecule has 0 saturated heterocycles. The molecule has 6 aromatic carbocycles. The normalized spacial score (nSPS) is 11.3.